The first-order chi connectivity index (χ1) is 8.72. The molecular weight excluding hydrogens is 248 g/mol. The summed E-state index contributed by atoms with van der Waals surface area (Å²) in [6.45, 7) is 2.75. The average Bonchev–Trinajstić information content (AvgIpc) is 3.09. The van der Waals surface area contributed by atoms with Crippen LogP contribution >= 0.6 is 11.6 Å². The SMILES string of the molecule is Cc1ccn(-c2cc(CNC3CC3)c(Cl)cn2)n1. The van der Waals surface area contributed by atoms with E-state index >= 15 is 0 Å². The van der Waals surface area contributed by atoms with Gasteiger partial charge in [-0.1, -0.05) is 11.6 Å². The van der Waals surface area contributed by atoms with E-state index in [1.54, 1.807) is 10.9 Å². The lowest BCUT2D eigenvalue weighted by atomic mass is 10.2. The Morgan fingerprint density at radius 2 is 2.33 bits per heavy atom. The number of pyridine rings is 1. The highest BCUT2D eigenvalue weighted by atomic mass is 35.5. The van der Waals surface area contributed by atoms with Crippen LogP contribution in [0.15, 0.2) is 24.5 Å². The highest BCUT2D eigenvalue weighted by Crippen LogP contribution is 2.22. The van der Waals surface area contributed by atoms with E-state index in [-0.39, 0.29) is 0 Å². The molecule has 4 nitrogen and oxygen atoms in total. The summed E-state index contributed by atoms with van der Waals surface area (Å²) in [5.41, 5.74) is 2.05. The van der Waals surface area contributed by atoms with Crippen LogP contribution in [0.5, 0.6) is 0 Å². The highest BCUT2D eigenvalue weighted by Gasteiger charge is 2.20. The third kappa shape index (κ3) is 2.54. The van der Waals surface area contributed by atoms with E-state index in [0.717, 1.165) is 23.6 Å². The van der Waals surface area contributed by atoms with Gasteiger partial charge in [-0.3, -0.25) is 0 Å². The molecule has 1 fully saturated rings. The molecule has 0 atom stereocenters. The first-order valence-electron chi connectivity index (χ1n) is 6.13. The van der Waals surface area contributed by atoms with Crippen molar-refractivity contribution >= 4 is 11.6 Å². The number of nitrogens with one attached hydrogen (secondary N) is 1. The maximum atomic E-state index is 6.16. The minimum atomic E-state index is 0.671. The number of nitrogens with zero attached hydrogens (tertiary/aromatic N) is 3. The second-order valence-electron chi connectivity index (χ2n) is 4.69. The van der Waals surface area contributed by atoms with Crippen LogP contribution in [0.4, 0.5) is 0 Å². The van der Waals surface area contributed by atoms with Crippen LogP contribution < -0.4 is 5.32 Å². The summed E-state index contributed by atoms with van der Waals surface area (Å²) in [4.78, 5) is 4.31. The van der Waals surface area contributed by atoms with Crippen molar-refractivity contribution < 1.29 is 0 Å². The zero-order valence-corrected chi connectivity index (χ0v) is 11.0. The first-order valence-corrected chi connectivity index (χ1v) is 6.50. The Balaban J connectivity index is 1.84. The van der Waals surface area contributed by atoms with Crippen LogP contribution in [0.3, 0.4) is 0 Å². The first kappa shape index (κ1) is 11.7. The van der Waals surface area contributed by atoms with Gasteiger partial charge < -0.3 is 5.32 Å². The molecule has 3 rings (SSSR count). The predicted octanol–water partition coefficient (Wildman–Crippen LogP) is 2.48. The fraction of sp³-hybridized carbons (Fsp3) is 0.385. The van der Waals surface area contributed by atoms with Gasteiger partial charge >= 0.3 is 0 Å². The van der Waals surface area contributed by atoms with Crippen molar-refractivity contribution in [3.8, 4) is 5.82 Å². The smallest absolute Gasteiger partial charge is 0.153 e. The molecule has 1 aliphatic rings. The van der Waals surface area contributed by atoms with Crippen LogP contribution in [0.1, 0.15) is 24.1 Å². The third-order valence-corrected chi connectivity index (χ3v) is 3.38. The molecule has 5 heteroatoms. The quantitative estimate of drug-likeness (QED) is 0.921. The molecule has 94 valence electrons. The Labute approximate surface area is 111 Å². The molecule has 1 saturated carbocycles. The fourth-order valence-corrected chi connectivity index (χ4v) is 1.98. The molecule has 0 radical (unpaired) electrons. The summed E-state index contributed by atoms with van der Waals surface area (Å²) in [6.07, 6.45) is 6.14. The molecule has 0 unspecified atom stereocenters. The molecule has 18 heavy (non-hydrogen) atoms. The van der Waals surface area contributed by atoms with Gasteiger partial charge in [0.15, 0.2) is 5.82 Å². The van der Waals surface area contributed by atoms with Crippen molar-refractivity contribution in [2.45, 2.75) is 32.4 Å². The van der Waals surface area contributed by atoms with Gasteiger partial charge in [0.2, 0.25) is 0 Å². The zero-order chi connectivity index (χ0) is 12.5. The maximum Gasteiger partial charge on any atom is 0.153 e. The maximum absolute atomic E-state index is 6.16. The molecule has 0 saturated heterocycles. The van der Waals surface area contributed by atoms with Crippen molar-refractivity contribution in [2.75, 3.05) is 0 Å². The monoisotopic (exact) mass is 262 g/mol. The summed E-state index contributed by atoms with van der Waals surface area (Å²) in [5, 5.41) is 8.51. The fourth-order valence-electron chi connectivity index (χ4n) is 1.81. The minimum absolute atomic E-state index is 0.671. The molecule has 0 aromatic carbocycles. The van der Waals surface area contributed by atoms with E-state index in [0.29, 0.717) is 11.1 Å². The van der Waals surface area contributed by atoms with Crippen LogP contribution in [0.2, 0.25) is 5.02 Å². The van der Waals surface area contributed by atoms with Crippen molar-refractivity contribution in [2.24, 2.45) is 0 Å². The van der Waals surface area contributed by atoms with Gasteiger partial charge in [0.1, 0.15) is 0 Å². The molecule has 0 aliphatic heterocycles. The second-order valence-corrected chi connectivity index (χ2v) is 5.10. The third-order valence-electron chi connectivity index (χ3n) is 3.04. The largest absolute Gasteiger partial charge is 0.310 e. The summed E-state index contributed by atoms with van der Waals surface area (Å²) >= 11 is 6.16. The van der Waals surface area contributed by atoms with Gasteiger partial charge in [0.05, 0.1) is 10.7 Å². The molecule has 2 aromatic rings. The Hall–Kier alpha value is -1.39. The molecule has 0 bridgehead atoms. The number of aryl methyl sites for hydroxylation is 1. The Bertz CT molecular complexity index is 560. The molecule has 2 aromatic heterocycles. The van der Waals surface area contributed by atoms with Crippen molar-refractivity contribution in [1.82, 2.24) is 20.1 Å². The van der Waals surface area contributed by atoms with Gasteiger partial charge in [-0.25, -0.2) is 9.67 Å². The summed E-state index contributed by atoms with van der Waals surface area (Å²) in [5.74, 6) is 0.806. The van der Waals surface area contributed by atoms with Crippen LogP contribution in [0, 0.1) is 6.92 Å². The zero-order valence-electron chi connectivity index (χ0n) is 10.2. The van der Waals surface area contributed by atoms with E-state index < -0.39 is 0 Å². The summed E-state index contributed by atoms with van der Waals surface area (Å²) in [7, 11) is 0. The number of hydrogen-bond donors (Lipinski definition) is 1. The number of halogens is 1. The molecule has 1 N–H and O–H groups in total. The lowest BCUT2D eigenvalue weighted by molar-refractivity contribution is 0.685. The van der Waals surface area contributed by atoms with E-state index in [9.17, 15) is 0 Å². The normalized spacial score (nSPS) is 15.0. The second kappa shape index (κ2) is 4.71. The Morgan fingerprint density at radius 3 is 3.00 bits per heavy atom. The molecular formula is C13H15ClN4. The van der Waals surface area contributed by atoms with Gasteiger partial charge in [0.25, 0.3) is 0 Å². The molecule has 0 amide bonds. The number of hydrogen-bond acceptors (Lipinski definition) is 3. The van der Waals surface area contributed by atoms with Crippen LogP contribution in [-0.2, 0) is 6.54 Å². The standard InChI is InChI=1S/C13H15ClN4/c1-9-4-5-18(17-9)13-6-10(12(14)8-16-13)7-15-11-2-3-11/h4-6,8,11,15H,2-3,7H2,1H3. The molecule has 0 spiro atoms. The van der Waals surface area contributed by atoms with Crippen molar-refractivity contribution in [3.63, 3.8) is 0 Å². The average molecular weight is 263 g/mol. The minimum Gasteiger partial charge on any atom is -0.310 e. The van der Waals surface area contributed by atoms with E-state index in [2.05, 4.69) is 15.4 Å². The van der Waals surface area contributed by atoms with Crippen molar-refractivity contribution in [3.05, 3.63) is 40.8 Å². The van der Waals surface area contributed by atoms with Crippen molar-refractivity contribution in [1.29, 1.82) is 0 Å². The van der Waals surface area contributed by atoms with E-state index in [4.69, 9.17) is 11.6 Å². The number of rotatable bonds is 4. The van der Waals surface area contributed by atoms with Gasteiger partial charge in [0, 0.05) is 25.0 Å². The number of aromatic nitrogens is 3. The van der Waals surface area contributed by atoms with E-state index in [1.165, 1.54) is 12.8 Å². The highest BCUT2D eigenvalue weighted by molar-refractivity contribution is 6.31. The Morgan fingerprint density at radius 1 is 1.50 bits per heavy atom. The van der Waals surface area contributed by atoms with Gasteiger partial charge in [-0.05, 0) is 37.5 Å². The van der Waals surface area contributed by atoms with Gasteiger partial charge in [-0.15, -0.1) is 0 Å². The lowest BCUT2D eigenvalue weighted by Gasteiger charge is -2.08. The molecule has 2 heterocycles. The summed E-state index contributed by atoms with van der Waals surface area (Å²) in [6, 6.07) is 4.62. The Kier molecular flexibility index (Phi) is 3.06. The summed E-state index contributed by atoms with van der Waals surface area (Å²) < 4.78 is 1.77. The van der Waals surface area contributed by atoms with Crippen LogP contribution in [-0.4, -0.2) is 20.8 Å². The van der Waals surface area contributed by atoms with Gasteiger partial charge in [-0.2, -0.15) is 5.10 Å². The van der Waals surface area contributed by atoms with E-state index in [1.807, 2.05) is 25.3 Å². The lowest BCUT2D eigenvalue weighted by Crippen LogP contribution is -2.16. The van der Waals surface area contributed by atoms with Crippen LogP contribution in [0.25, 0.3) is 5.82 Å². The molecule has 1 aliphatic carbocycles. The predicted molar refractivity (Wildman–Crippen MR) is 71.0 cm³/mol. The topological polar surface area (TPSA) is 42.7 Å².